The van der Waals surface area contributed by atoms with Crippen molar-refractivity contribution in [3.05, 3.63) is 21.3 Å². The summed E-state index contributed by atoms with van der Waals surface area (Å²) in [4.78, 5) is 26.9. The molecule has 6 heteroatoms. The number of hydrogen-bond donors (Lipinski definition) is 1. The van der Waals surface area contributed by atoms with Crippen molar-refractivity contribution in [2.75, 3.05) is 6.54 Å². The molecule has 1 fully saturated rings. The molecule has 19 heavy (non-hydrogen) atoms. The van der Waals surface area contributed by atoms with Gasteiger partial charge in [0.05, 0.1) is 4.34 Å². The molecule has 2 rings (SSSR count). The van der Waals surface area contributed by atoms with Gasteiger partial charge in [-0.05, 0) is 39.3 Å². The van der Waals surface area contributed by atoms with Crippen molar-refractivity contribution in [1.82, 2.24) is 10.2 Å². The number of hydrogen-bond acceptors (Lipinski definition) is 3. The molecule has 2 heterocycles. The van der Waals surface area contributed by atoms with Crippen LogP contribution in [0.15, 0.2) is 12.1 Å². The summed E-state index contributed by atoms with van der Waals surface area (Å²) in [5.74, 6) is -0.143. The molecular formula is C13H17ClN2O2S. The maximum absolute atomic E-state index is 12.3. The molecule has 0 bridgehead atoms. The number of amides is 2. The fourth-order valence-corrected chi connectivity index (χ4v) is 3.23. The van der Waals surface area contributed by atoms with Crippen LogP contribution in [-0.2, 0) is 16.0 Å². The lowest BCUT2D eigenvalue weighted by molar-refractivity contribution is -0.152. The first-order valence-corrected chi connectivity index (χ1v) is 7.38. The highest BCUT2D eigenvalue weighted by Crippen LogP contribution is 2.23. The van der Waals surface area contributed by atoms with Gasteiger partial charge in [0.2, 0.25) is 11.8 Å². The maximum atomic E-state index is 12.3. The van der Waals surface area contributed by atoms with E-state index in [0.29, 0.717) is 6.54 Å². The van der Waals surface area contributed by atoms with Crippen LogP contribution >= 0.6 is 22.9 Å². The first-order valence-electron chi connectivity index (χ1n) is 6.18. The lowest BCUT2D eigenvalue weighted by Crippen LogP contribution is -2.67. The van der Waals surface area contributed by atoms with Crippen LogP contribution < -0.4 is 5.32 Å². The molecule has 1 aromatic heterocycles. The number of thiophene rings is 1. The molecule has 1 aliphatic rings. The minimum Gasteiger partial charge on any atom is -0.340 e. The van der Waals surface area contributed by atoms with Crippen molar-refractivity contribution in [3.8, 4) is 0 Å². The molecule has 1 unspecified atom stereocenters. The van der Waals surface area contributed by atoms with E-state index in [4.69, 9.17) is 11.6 Å². The first kappa shape index (κ1) is 14.3. The van der Waals surface area contributed by atoms with Gasteiger partial charge in [-0.1, -0.05) is 11.6 Å². The fourth-order valence-electron chi connectivity index (χ4n) is 2.15. The zero-order chi connectivity index (χ0) is 14.2. The Hall–Kier alpha value is -1.07. The third-order valence-corrected chi connectivity index (χ3v) is 4.60. The normalized spacial score (nSPS) is 22.5. The van der Waals surface area contributed by atoms with Gasteiger partial charge in [-0.2, -0.15) is 0 Å². The van der Waals surface area contributed by atoms with Crippen LogP contribution in [0.3, 0.4) is 0 Å². The highest BCUT2D eigenvalue weighted by Gasteiger charge is 2.42. The zero-order valence-electron chi connectivity index (χ0n) is 11.2. The number of carbonyl (C=O) groups is 2. The average molecular weight is 301 g/mol. The third kappa shape index (κ3) is 2.92. The molecule has 0 radical (unpaired) electrons. The van der Waals surface area contributed by atoms with Gasteiger partial charge in [0.15, 0.2) is 0 Å². The van der Waals surface area contributed by atoms with Crippen molar-refractivity contribution in [2.24, 2.45) is 0 Å². The van der Waals surface area contributed by atoms with Gasteiger partial charge in [-0.15, -0.1) is 11.3 Å². The monoisotopic (exact) mass is 300 g/mol. The van der Waals surface area contributed by atoms with Crippen molar-refractivity contribution in [1.29, 1.82) is 0 Å². The molecular weight excluding hydrogens is 284 g/mol. The van der Waals surface area contributed by atoms with Gasteiger partial charge in [-0.25, -0.2) is 0 Å². The van der Waals surface area contributed by atoms with Crippen LogP contribution in [0.1, 0.15) is 25.6 Å². The topological polar surface area (TPSA) is 49.4 Å². The van der Waals surface area contributed by atoms with Crippen LogP contribution in [0.2, 0.25) is 4.34 Å². The molecule has 2 amide bonds. The van der Waals surface area contributed by atoms with E-state index >= 15 is 0 Å². The highest BCUT2D eigenvalue weighted by atomic mass is 35.5. The predicted molar refractivity (Wildman–Crippen MR) is 76.4 cm³/mol. The van der Waals surface area contributed by atoms with Gasteiger partial charge in [-0.3, -0.25) is 9.59 Å². The minimum absolute atomic E-state index is 0.0396. The Bertz CT molecular complexity index is 512. The summed E-state index contributed by atoms with van der Waals surface area (Å²) in [5, 5.41) is 2.74. The third-order valence-electron chi connectivity index (χ3n) is 3.31. The summed E-state index contributed by atoms with van der Waals surface area (Å²) in [6.07, 6.45) is 0.719. The molecule has 1 N–H and O–H groups in total. The summed E-state index contributed by atoms with van der Waals surface area (Å²) in [5.41, 5.74) is -0.823. The van der Waals surface area contributed by atoms with E-state index in [1.54, 1.807) is 25.7 Å². The Labute approximate surface area is 121 Å². The SMILES string of the molecule is CC1C(=O)NC(C)(C)C(=O)N1CCc1ccc(Cl)s1. The molecule has 0 aliphatic carbocycles. The van der Waals surface area contributed by atoms with Gasteiger partial charge >= 0.3 is 0 Å². The van der Waals surface area contributed by atoms with Gasteiger partial charge in [0.1, 0.15) is 11.6 Å². The van der Waals surface area contributed by atoms with Crippen molar-refractivity contribution < 1.29 is 9.59 Å². The molecule has 1 aromatic rings. The second kappa shape index (κ2) is 5.13. The Kier molecular flexibility index (Phi) is 3.87. The summed E-state index contributed by atoms with van der Waals surface area (Å²) in [7, 11) is 0. The van der Waals surface area contributed by atoms with Crippen LogP contribution in [0.5, 0.6) is 0 Å². The van der Waals surface area contributed by atoms with Crippen LogP contribution in [0.25, 0.3) is 0 Å². The number of rotatable bonds is 3. The Morgan fingerprint density at radius 3 is 2.68 bits per heavy atom. The number of halogens is 1. The molecule has 1 saturated heterocycles. The first-order chi connectivity index (χ1) is 8.81. The highest BCUT2D eigenvalue weighted by molar-refractivity contribution is 7.16. The number of piperazine rings is 1. The Morgan fingerprint density at radius 1 is 1.42 bits per heavy atom. The predicted octanol–water partition coefficient (Wildman–Crippen LogP) is 2.07. The molecule has 4 nitrogen and oxygen atoms in total. The minimum atomic E-state index is -0.823. The largest absolute Gasteiger partial charge is 0.340 e. The van der Waals surface area contributed by atoms with E-state index in [1.807, 2.05) is 12.1 Å². The molecule has 1 aliphatic heterocycles. The van der Waals surface area contributed by atoms with Gasteiger partial charge in [0.25, 0.3) is 0 Å². The Balaban J connectivity index is 2.08. The molecule has 0 spiro atoms. The number of nitrogens with zero attached hydrogens (tertiary/aromatic N) is 1. The van der Waals surface area contributed by atoms with E-state index in [-0.39, 0.29) is 11.8 Å². The van der Waals surface area contributed by atoms with Crippen molar-refractivity contribution >= 4 is 34.8 Å². The van der Waals surface area contributed by atoms with E-state index < -0.39 is 11.6 Å². The van der Waals surface area contributed by atoms with Crippen LogP contribution in [-0.4, -0.2) is 34.8 Å². The lowest BCUT2D eigenvalue weighted by Gasteiger charge is -2.41. The quantitative estimate of drug-likeness (QED) is 0.929. The summed E-state index contributed by atoms with van der Waals surface area (Å²) in [6, 6.07) is 3.38. The van der Waals surface area contributed by atoms with E-state index in [9.17, 15) is 9.59 Å². The van der Waals surface area contributed by atoms with Gasteiger partial charge < -0.3 is 10.2 Å². The molecule has 0 aromatic carbocycles. The maximum Gasteiger partial charge on any atom is 0.248 e. The number of carbonyl (C=O) groups excluding carboxylic acids is 2. The fraction of sp³-hybridized carbons (Fsp3) is 0.538. The second-order valence-corrected chi connectivity index (χ2v) is 7.04. The summed E-state index contributed by atoms with van der Waals surface area (Å²) < 4.78 is 0.742. The molecule has 1 atom stereocenters. The molecule has 104 valence electrons. The van der Waals surface area contributed by atoms with Gasteiger partial charge in [0, 0.05) is 11.4 Å². The lowest BCUT2D eigenvalue weighted by atomic mass is 9.97. The van der Waals surface area contributed by atoms with E-state index in [2.05, 4.69) is 5.32 Å². The molecule has 0 saturated carbocycles. The van der Waals surface area contributed by atoms with Crippen LogP contribution in [0.4, 0.5) is 0 Å². The standard InChI is InChI=1S/C13H17ClN2O2S/c1-8-11(17)15-13(2,3)12(18)16(8)7-6-9-4-5-10(14)19-9/h4-5,8H,6-7H2,1-3H3,(H,15,17). The summed E-state index contributed by atoms with van der Waals surface area (Å²) >= 11 is 7.39. The second-order valence-electron chi connectivity index (χ2n) is 5.24. The van der Waals surface area contributed by atoms with E-state index in [0.717, 1.165) is 15.6 Å². The van der Waals surface area contributed by atoms with Crippen LogP contribution in [0, 0.1) is 0 Å². The summed E-state index contributed by atoms with van der Waals surface area (Å²) in [6.45, 7) is 5.75. The Morgan fingerprint density at radius 2 is 2.11 bits per heavy atom. The van der Waals surface area contributed by atoms with E-state index in [1.165, 1.54) is 11.3 Å². The average Bonchev–Trinajstić information content (AvgIpc) is 2.72. The smallest absolute Gasteiger partial charge is 0.248 e. The van der Waals surface area contributed by atoms with Crippen molar-refractivity contribution in [3.63, 3.8) is 0 Å². The zero-order valence-corrected chi connectivity index (χ0v) is 12.8. The van der Waals surface area contributed by atoms with Crippen molar-refractivity contribution in [2.45, 2.75) is 38.8 Å². The number of nitrogens with one attached hydrogen (secondary N) is 1.